The normalized spacial score (nSPS) is 11.5. The van der Waals surface area contributed by atoms with E-state index in [4.69, 9.17) is 5.73 Å². The molecule has 3 N–H and O–H groups in total. The predicted molar refractivity (Wildman–Crippen MR) is 79.3 cm³/mol. The smallest absolute Gasteiger partial charge is 0.242 e. The average molecular weight is 357 g/mol. The maximum atomic E-state index is 12.2. The molecule has 0 aliphatic heterocycles. The number of sulfonamides is 1. The van der Waals surface area contributed by atoms with Crippen LogP contribution in [0.25, 0.3) is 0 Å². The standard InChI is InChI=1S/C12H13BrN4O2S/c1-8-15-5-4-10(17-8)7-16-20(18,19)12-3-2-9(14)6-11(12)13/h2-6,16H,7,14H2,1H3. The molecule has 1 aromatic carbocycles. The van der Waals surface area contributed by atoms with Crippen LogP contribution in [0.2, 0.25) is 0 Å². The van der Waals surface area contributed by atoms with Gasteiger partial charge in [0.15, 0.2) is 0 Å². The Balaban J connectivity index is 2.19. The number of nitrogens with two attached hydrogens (primary N) is 1. The maximum absolute atomic E-state index is 12.2. The molecule has 2 rings (SSSR count). The Hall–Kier alpha value is -1.51. The Morgan fingerprint density at radius 1 is 1.35 bits per heavy atom. The highest BCUT2D eigenvalue weighted by Crippen LogP contribution is 2.24. The van der Waals surface area contributed by atoms with E-state index in [-0.39, 0.29) is 11.4 Å². The van der Waals surface area contributed by atoms with Crippen LogP contribution in [0.15, 0.2) is 39.8 Å². The number of nitrogen functional groups attached to an aromatic ring is 1. The minimum absolute atomic E-state index is 0.0997. The van der Waals surface area contributed by atoms with Crippen molar-refractivity contribution in [2.75, 3.05) is 5.73 Å². The summed E-state index contributed by atoms with van der Waals surface area (Å²) in [5.74, 6) is 0.593. The number of aryl methyl sites for hydroxylation is 1. The zero-order valence-corrected chi connectivity index (χ0v) is 13.1. The lowest BCUT2D eigenvalue weighted by molar-refractivity contribution is 0.579. The molecule has 0 amide bonds. The van der Waals surface area contributed by atoms with Crippen molar-refractivity contribution in [2.45, 2.75) is 18.4 Å². The molecule has 6 nitrogen and oxygen atoms in total. The lowest BCUT2D eigenvalue weighted by atomic mass is 10.3. The van der Waals surface area contributed by atoms with Crippen LogP contribution in [0.5, 0.6) is 0 Å². The summed E-state index contributed by atoms with van der Waals surface area (Å²) >= 11 is 3.20. The monoisotopic (exact) mass is 356 g/mol. The van der Waals surface area contributed by atoms with Crippen molar-refractivity contribution >= 4 is 31.6 Å². The Morgan fingerprint density at radius 3 is 2.75 bits per heavy atom. The number of hydrogen-bond donors (Lipinski definition) is 2. The van der Waals surface area contributed by atoms with E-state index in [0.29, 0.717) is 21.7 Å². The minimum atomic E-state index is -3.63. The van der Waals surface area contributed by atoms with E-state index < -0.39 is 10.0 Å². The van der Waals surface area contributed by atoms with Gasteiger partial charge in [-0.05, 0) is 47.1 Å². The highest BCUT2D eigenvalue weighted by molar-refractivity contribution is 9.10. The van der Waals surface area contributed by atoms with E-state index >= 15 is 0 Å². The van der Waals surface area contributed by atoms with Gasteiger partial charge in [-0.2, -0.15) is 0 Å². The van der Waals surface area contributed by atoms with Crippen molar-refractivity contribution in [3.8, 4) is 0 Å². The van der Waals surface area contributed by atoms with Gasteiger partial charge in [-0.15, -0.1) is 0 Å². The lowest BCUT2D eigenvalue weighted by Gasteiger charge is -2.09. The fourth-order valence-electron chi connectivity index (χ4n) is 1.59. The van der Waals surface area contributed by atoms with Crippen molar-refractivity contribution in [2.24, 2.45) is 0 Å². The van der Waals surface area contributed by atoms with Crippen molar-refractivity contribution in [3.05, 3.63) is 46.5 Å². The summed E-state index contributed by atoms with van der Waals surface area (Å²) in [6.45, 7) is 1.84. The molecule has 0 spiro atoms. The second-order valence-electron chi connectivity index (χ2n) is 4.11. The summed E-state index contributed by atoms with van der Waals surface area (Å²) < 4.78 is 27.3. The van der Waals surface area contributed by atoms with Crippen LogP contribution >= 0.6 is 15.9 Å². The largest absolute Gasteiger partial charge is 0.399 e. The molecule has 8 heteroatoms. The van der Waals surface area contributed by atoms with Crippen LogP contribution in [-0.2, 0) is 16.6 Å². The van der Waals surface area contributed by atoms with Crippen molar-refractivity contribution < 1.29 is 8.42 Å². The fraction of sp³-hybridized carbons (Fsp3) is 0.167. The number of nitrogens with zero attached hydrogens (tertiary/aromatic N) is 2. The predicted octanol–water partition coefficient (Wildman–Crippen LogP) is 1.61. The van der Waals surface area contributed by atoms with Gasteiger partial charge in [-0.25, -0.2) is 23.1 Å². The van der Waals surface area contributed by atoms with E-state index in [1.807, 2.05) is 0 Å². The molecule has 2 aromatic rings. The van der Waals surface area contributed by atoms with E-state index in [1.54, 1.807) is 25.3 Å². The van der Waals surface area contributed by atoms with Gasteiger partial charge in [0.25, 0.3) is 0 Å². The summed E-state index contributed by atoms with van der Waals surface area (Å²) in [6.07, 6.45) is 1.59. The average Bonchev–Trinajstić information content (AvgIpc) is 2.36. The first-order chi connectivity index (χ1) is 9.38. The second-order valence-corrected chi connectivity index (χ2v) is 6.70. The van der Waals surface area contributed by atoms with Crippen molar-refractivity contribution in [1.29, 1.82) is 0 Å². The lowest BCUT2D eigenvalue weighted by Crippen LogP contribution is -2.24. The molecule has 1 heterocycles. The van der Waals surface area contributed by atoms with Crippen LogP contribution < -0.4 is 10.5 Å². The summed E-state index contributed by atoms with van der Waals surface area (Å²) in [7, 11) is -3.63. The molecule has 0 saturated carbocycles. The molecule has 0 radical (unpaired) electrons. The number of anilines is 1. The molecule has 0 atom stereocenters. The number of aromatic nitrogens is 2. The van der Waals surface area contributed by atoms with Crippen molar-refractivity contribution in [3.63, 3.8) is 0 Å². The summed E-state index contributed by atoms with van der Waals surface area (Å²) in [5.41, 5.74) is 6.68. The Bertz CT molecular complexity index is 734. The summed E-state index contributed by atoms with van der Waals surface area (Å²) in [4.78, 5) is 8.23. The topological polar surface area (TPSA) is 98.0 Å². The van der Waals surface area contributed by atoms with E-state index in [9.17, 15) is 8.42 Å². The third-order valence-electron chi connectivity index (χ3n) is 2.52. The van der Waals surface area contributed by atoms with Gasteiger partial charge < -0.3 is 5.73 Å². The van der Waals surface area contributed by atoms with Gasteiger partial charge in [0.2, 0.25) is 10.0 Å². The molecular formula is C12H13BrN4O2S. The highest BCUT2D eigenvalue weighted by Gasteiger charge is 2.17. The van der Waals surface area contributed by atoms with Gasteiger partial charge >= 0.3 is 0 Å². The SMILES string of the molecule is Cc1nccc(CNS(=O)(=O)c2ccc(N)cc2Br)n1. The van der Waals surface area contributed by atoms with Crippen LogP contribution in [-0.4, -0.2) is 18.4 Å². The van der Waals surface area contributed by atoms with Gasteiger partial charge in [0.05, 0.1) is 17.1 Å². The first kappa shape index (κ1) is 14.9. The number of hydrogen-bond acceptors (Lipinski definition) is 5. The van der Waals surface area contributed by atoms with Gasteiger partial charge in [-0.1, -0.05) is 0 Å². The zero-order chi connectivity index (χ0) is 14.8. The first-order valence-electron chi connectivity index (χ1n) is 5.72. The fourth-order valence-corrected chi connectivity index (χ4v) is 3.68. The highest BCUT2D eigenvalue weighted by atomic mass is 79.9. The van der Waals surface area contributed by atoms with E-state index in [0.717, 1.165) is 0 Å². The van der Waals surface area contributed by atoms with Crippen LogP contribution in [0.3, 0.4) is 0 Å². The molecule has 0 aliphatic rings. The zero-order valence-electron chi connectivity index (χ0n) is 10.7. The molecule has 0 aliphatic carbocycles. The molecule has 0 bridgehead atoms. The van der Waals surface area contributed by atoms with E-state index in [2.05, 4.69) is 30.6 Å². The number of benzene rings is 1. The van der Waals surface area contributed by atoms with Crippen molar-refractivity contribution in [1.82, 2.24) is 14.7 Å². The number of halogens is 1. The molecule has 106 valence electrons. The molecule has 0 unspecified atom stereocenters. The molecule has 0 fully saturated rings. The number of rotatable bonds is 4. The summed E-state index contributed by atoms with van der Waals surface area (Å²) in [5, 5.41) is 0. The van der Waals surface area contributed by atoms with Crippen LogP contribution in [0, 0.1) is 6.92 Å². The minimum Gasteiger partial charge on any atom is -0.399 e. The Labute approximate surface area is 125 Å². The third-order valence-corrected chi connectivity index (χ3v) is 4.90. The third kappa shape index (κ3) is 3.53. The Kier molecular flexibility index (Phi) is 4.36. The summed E-state index contributed by atoms with van der Waals surface area (Å²) in [6, 6.07) is 6.19. The molecule has 0 saturated heterocycles. The molecule has 1 aromatic heterocycles. The van der Waals surface area contributed by atoms with Gasteiger partial charge in [0, 0.05) is 16.4 Å². The second kappa shape index (κ2) is 5.86. The Morgan fingerprint density at radius 2 is 2.10 bits per heavy atom. The van der Waals surface area contributed by atoms with Crippen LogP contribution in [0.1, 0.15) is 11.5 Å². The first-order valence-corrected chi connectivity index (χ1v) is 7.99. The van der Waals surface area contributed by atoms with Crippen LogP contribution in [0.4, 0.5) is 5.69 Å². The molecule has 20 heavy (non-hydrogen) atoms. The molecular weight excluding hydrogens is 344 g/mol. The quantitative estimate of drug-likeness (QED) is 0.810. The number of nitrogens with one attached hydrogen (secondary N) is 1. The maximum Gasteiger partial charge on any atom is 0.242 e. The van der Waals surface area contributed by atoms with Gasteiger partial charge in [-0.3, -0.25) is 0 Å². The van der Waals surface area contributed by atoms with Gasteiger partial charge in [0.1, 0.15) is 5.82 Å². The van der Waals surface area contributed by atoms with E-state index in [1.165, 1.54) is 12.1 Å².